The Morgan fingerprint density at radius 1 is 1.10 bits per heavy atom. The summed E-state index contributed by atoms with van der Waals surface area (Å²) in [7, 11) is 0. The molecule has 4 aromatic rings. The molecule has 0 saturated heterocycles. The summed E-state index contributed by atoms with van der Waals surface area (Å²) < 4.78 is 0.775. The molecule has 0 fully saturated rings. The second-order valence-electron chi connectivity index (χ2n) is 13.2. The van der Waals surface area contributed by atoms with E-state index >= 15 is 0 Å². The number of phenols is 1. The number of carboxylic acids is 1. The van der Waals surface area contributed by atoms with Gasteiger partial charge in [0.15, 0.2) is 12.2 Å². The van der Waals surface area contributed by atoms with Crippen LogP contribution in [-0.2, 0) is 15.0 Å². The number of H-pyrrole nitrogens is 1. The van der Waals surface area contributed by atoms with E-state index in [4.69, 9.17) is 5.73 Å². The Morgan fingerprint density at radius 2 is 1.83 bits per heavy atom. The molecule has 15 nitrogen and oxygen atoms in total. The zero-order valence-corrected chi connectivity index (χ0v) is 30.4. The number of hydrogen-bond acceptors (Lipinski definition) is 12. The molecule has 1 aliphatic heterocycles. The number of fused-ring (bicyclic) bond motifs is 1. The number of β-amino-alcohol motifs (C(OH)–C–C–N with tert-alkyl or cyclic N) is 1. The van der Waals surface area contributed by atoms with E-state index in [0.717, 1.165) is 20.9 Å². The lowest BCUT2D eigenvalue weighted by Crippen LogP contribution is -2.42. The van der Waals surface area contributed by atoms with Crippen LogP contribution >= 0.6 is 15.9 Å². The summed E-state index contributed by atoms with van der Waals surface area (Å²) in [6.45, 7) is 6.39. The number of carbonyl (C=O) groups excluding carboxylic acids is 2. The number of halogens is 1. The highest BCUT2D eigenvalue weighted by Crippen LogP contribution is 2.30. The minimum atomic E-state index is -1.30. The fourth-order valence-electron chi connectivity index (χ4n) is 5.39. The summed E-state index contributed by atoms with van der Waals surface area (Å²) in [4.78, 5) is 42.2. The van der Waals surface area contributed by atoms with Crippen molar-refractivity contribution in [3.8, 4) is 5.75 Å². The van der Waals surface area contributed by atoms with Crippen LogP contribution in [0.4, 0.5) is 5.69 Å². The molecule has 2 heterocycles. The topological polar surface area (TPSA) is 255 Å². The molecule has 16 heteroatoms. The average Bonchev–Trinajstić information content (AvgIpc) is 3.46. The highest BCUT2D eigenvalue weighted by Gasteiger charge is 2.23. The van der Waals surface area contributed by atoms with E-state index in [0.29, 0.717) is 46.9 Å². The maximum atomic E-state index is 12.7. The van der Waals surface area contributed by atoms with Crippen LogP contribution in [-0.4, -0.2) is 80.4 Å². The Bertz CT molecular complexity index is 1920. The summed E-state index contributed by atoms with van der Waals surface area (Å²) in [5, 5.41) is 61.0. The molecule has 278 valence electrons. The molecule has 1 amide bonds. The maximum Gasteiger partial charge on any atom is 0.305 e. The number of aromatic hydroxyl groups is 1. The van der Waals surface area contributed by atoms with Crippen LogP contribution in [0.2, 0.25) is 0 Å². The number of aliphatic imine (C=N–C) groups is 1. The number of carboxylic acid groups (broad SMARTS) is 1. The normalized spacial score (nSPS) is 16.0. The number of aromatic nitrogens is 1. The number of aliphatic carboxylic acids is 1. The van der Waals surface area contributed by atoms with Gasteiger partial charge < -0.3 is 52.2 Å². The number of aliphatic hydroxyl groups excluding tert-OH is 3. The lowest BCUT2D eigenvalue weighted by atomic mass is 9.85. The Morgan fingerprint density at radius 3 is 2.46 bits per heavy atom. The minimum absolute atomic E-state index is 0.113. The predicted molar refractivity (Wildman–Crippen MR) is 200 cm³/mol. The molecular weight excluding hydrogens is 738 g/mol. The third-order valence-corrected chi connectivity index (χ3v) is 8.49. The summed E-state index contributed by atoms with van der Waals surface area (Å²) in [5.74, 6) is -1.27. The van der Waals surface area contributed by atoms with Gasteiger partial charge >= 0.3 is 5.97 Å². The number of nitrogens with two attached hydrogens (primary N) is 1. The van der Waals surface area contributed by atoms with E-state index in [2.05, 4.69) is 47.2 Å². The van der Waals surface area contributed by atoms with Crippen molar-refractivity contribution < 1.29 is 39.9 Å². The number of nitrogens with one attached hydrogen (secondary N) is 5. The SMILES string of the molecule is CC(C)(C)c1cc(Br)cc(C(CC(=O)O)NC(=O)CNC(O)c2cc(O)cc(NC3=NCC(O)CN3)c2)c1.NC(O)c1[nH]c2ccccc2c1C=O. The number of aromatic amines is 1. The first kappa shape index (κ1) is 39.9. The number of carbonyl (C=O) groups is 3. The first-order valence-corrected chi connectivity index (χ1v) is 17.1. The molecule has 0 saturated carbocycles. The number of rotatable bonds is 11. The molecule has 1 aliphatic rings. The first-order chi connectivity index (χ1) is 24.5. The lowest BCUT2D eigenvalue weighted by Gasteiger charge is -2.24. The van der Waals surface area contributed by atoms with E-state index in [1.54, 1.807) is 18.2 Å². The molecule has 0 radical (unpaired) electrons. The number of benzene rings is 3. The van der Waals surface area contributed by atoms with Crippen LogP contribution in [0.1, 0.15) is 78.4 Å². The van der Waals surface area contributed by atoms with Crippen molar-refractivity contribution >= 4 is 56.6 Å². The van der Waals surface area contributed by atoms with Crippen LogP contribution in [0.25, 0.3) is 10.9 Å². The van der Waals surface area contributed by atoms with Gasteiger partial charge in [-0.05, 0) is 46.9 Å². The molecule has 4 atom stereocenters. The van der Waals surface area contributed by atoms with Crippen LogP contribution in [0.3, 0.4) is 0 Å². The molecule has 0 bridgehead atoms. The fourth-order valence-corrected chi connectivity index (χ4v) is 5.90. The highest BCUT2D eigenvalue weighted by atomic mass is 79.9. The number of amides is 1. The molecule has 0 spiro atoms. The first-order valence-electron chi connectivity index (χ1n) is 16.3. The number of hydrogen-bond donors (Lipinski definition) is 11. The fraction of sp³-hybridized carbons (Fsp3) is 0.333. The third-order valence-electron chi connectivity index (χ3n) is 8.03. The molecule has 4 unspecified atom stereocenters. The smallest absolute Gasteiger partial charge is 0.305 e. The van der Waals surface area contributed by atoms with Gasteiger partial charge in [0.25, 0.3) is 0 Å². The standard InChI is InChI=1S/C26H34BrN5O6.C10H10N2O2/c1-26(2,3)16-4-14(5-17(27)8-16)21(10-23(36)37)32-22(35)13-28-24(38)15-6-18(9-19(33)7-15)31-25-29-11-20(34)12-30-25;11-10(14)9-7(5-13)6-3-1-2-4-8(6)12-9/h4-9,20-21,24,28,33-34,38H,10-13H2,1-3H3,(H,32,35)(H,36,37)(H2,29,30,31);1-5,10,12,14H,11H2. The highest BCUT2D eigenvalue weighted by molar-refractivity contribution is 9.10. The Hall–Kier alpha value is -4.84. The Balaban J connectivity index is 0.000000358. The molecular formula is C36H44BrN7O8. The minimum Gasteiger partial charge on any atom is -0.508 e. The number of aldehydes is 1. The van der Waals surface area contributed by atoms with E-state index in [1.807, 2.05) is 51.1 Å². The predicted octanol–water partition coefficient (Wildman–Crippen LogP) is 3.03. The van der Waals surface area contributed by atoms with Gasteiger partial charge in [-0.2, -0.15) is 0 Å². The monoisotopic (exact) mass is 781 g/mol. The van der Waals surface area contributed by atoms with E-state index in [-0.39, 0.29) is 30.7 Å². The van der Waals surface area contributed by atoms with Crippen LogP contribution in [0, 0.1) is 0 Å². The van der Waals surface area contributed by atoms with Crippen LogP contribution < -0.4 is 27.0 Å². The molecule has 3 aromatic carbocycles. The summed E-state index contributed by atoms with van der Waals surface area (Å²) in [5.41, 5.74) is 9.10. The van der Waals surface area contributed by atoms with Crippen molar-refractivity contribution in [1.82, 2.24) is 20.9 Å². The summed E-state index contributed by atoms with van der Waals surface area (Å²) >= 11 is 3.47. The van der Waals surface area contributed by atoms with Crippen molar-refractivity contribution in [2.75, 3.05) is 25.0 Å². The molecule has 5 rings (SSSR count). The summed E-state index contributed by atoms with van der Waals surface area (Å²) in [6, 6.07) is 16.5. The third kappa shape index (κ3) is 11.1. The van der Waals surface area contributed by atoms with Crippen molar-refractivity contribution in [2.45, 2.75) is 57.2 Å². The summed E-state index contributed by atoms with van der Waals surface area (Å²) in [6.07, 6.45) is -2.64. The Labute approximate surface area is 308 Å². The molecule has 12 N–H and O–H groups in total. The van der Waals surface area contributed by atoms with Crippen molar-refractivity contribution in [1.29, 1.82) is 0 Å². The zero-order valence-electron chi connectivity index (χ0n) is 28.9. The lowest BCUT2D eigenvalue weighted by molar-refractivity contribution is -0.137. The van der Waals surface area contributed by atoms with Gasteiger partial charge in [0.1, 0.15) is 18.2 Å². The van der Waals surface area contributed by atoms with Gasteiger partial charge in [-0.1, -0.05) is 61.0 Å². The number of guanidine groups is 1. The number of aliphatic hydroxyl groups is 3. The van der Waals surface area contributed by atoms with Gasteiger partial charge in [-0.25, -0.2) is 0 Å². The van der Waals surface area contributed by atoms with Gasteiger partial charge in [0, 0.05) is 44.8 Å². The second kappa shape index (κ2) is 17.6. The number of phenolic OH excluding ortho intramolecular Hbond substituents is 1. The molecule has 0 aliphatic carbocycles. The van der Waals surface area contributed by atoms with Gasteiger partial charge in [-0.3, -0.25) is 24.7 Å². The quantitative estimate of drug-likeness (QED) is 0.0776. The van der Waals surface area contributed by atoms with E-state index in [9.17, 15) is 39.9 Å². The number of nitrogens with zero attached hydrogens (tertiary/aromatic N) is 1. The van der Waals surface area contributed by atoms with Crippen LogP contribution in [0.5, 0.6) is 5.75 Å². The maximum absolute atomic E-state index is 12.7. The van der Waals surface area contributed by atoms with Crippen LogP contribution in [0.15, 0.2) is 70.1 Å². The largest absolute Gasteiger partial charge is 0.508 e. The van der Waals surface area contributed by atoms with Crippen molar-refractivity contribution in [3.63, 3.8) is 0 Å². The van der Waals surface area contributed by atoms with Gasteiger partial charge in [-0.15, -0.1) is 0 Å². The van der Waals surface area contributed by atoms with E-state index < -0.39 is 36.5 Å². The number of anilines is 1. The second-order valence-corrected chi connectivity index (χ2v) is 14.2. The Kier molecular flexibility index (Phi) is 13.5. The van der Waals surface area contributed by atoms with Crippen molar-refractivity contribution in [2.24, 2.45) is 10.7 Å². The van der Waals surface area contributed by atoms with E-state index in [1.165, 1.54) is 12.1 Å². The molecule has 52 heavy (non-hydrogen) atoms. The van der Waals surface area contributed by atoms with Gasteiger partial charge in [0.2, 0.25) is 5.91 Å². The number of para-hydroxylation sites is 1. The average molecular weight is 783 g/mol. The zero-order chi connectivity index (χ0) is 38.2. The van der Waals surface area contributed by atoms with Gasteiger partial charge in [0.05, 0.1) is 37.4 Å². The molecule has 1 aromatic heterocycles. The van der Waals surface area contributed by atoms with Crippen molar-refractivity contribution in [3.05, 3.63) is 93.1 Å².